The molecule has 0 aromatic rings. The molecule has 3 N–H and O–H groups in total. The highest BCUT2D eigenvalue weighted by molar-refractivity contribution is 5.28. The summed E-state index contributed by atoms with van der Waals surface area (Å²) < 4.78 is 0. The Labute approximate surface area is 139 Å². The molecule has 0 radical (unpaired) electrons. The molecule has 0 unspecified atom stereocenters. The van der Waals surface area contributed by atoms with E-state index in [0.717, 1.165) is 50.5 Å². The molecule has 23 heavy (non-hydrogen) atoms. The first-order chi connectivity index (χ1) is 10.8. The summed E-state index contributed by atoms with van der Waals surface area (Å²) in [6.07, 6.45) is 6.33. The van der Waals surface area contributed by atoms with Crippen LogP contribution in [0.15, 0.2) is 12.2 Å². The van der Waals surface area contributed by atoms with Gasteiger partial charge in [0.1, 0.15) is 0 Å². The molecule has 8 atom stereocenters. The van der Waals surface area contributed by atoms with Crippen LogP contribution in [0, 0.1) is 34.0 Å². The topological polar surface area (TPSA) is 60.7 Å². The average Bonchev–Trinajstić information content (AvgIpc) is 2.68. The molecule has 4 fully saturated rings. The molecule has 0 aromatic carbocycles. The molecule has 130 valence electrons. The van der Waals surface area contributed by atoms with Crippen LogP contribution in [-0.4, -0.2) is 34.1 Å². The highest BCUT2D eigenvalue weighted by Gasteiger charge is 2.68. The van der Waals surface area contributed by atoms with Crippen molar-refractivity contribution in [3.8, 4) is 0 Å². The molecular formula is C20H32O3. The molecule has 2 bridgehead atoms. The molecule has 0 aliphatic heterocycles. The summed E-state index contributed by atoms with van der Waals surface area (Å²) in [7, 11) is 0. The van der Waals surface area contributed by atoms with Crippen LogP contribution in [-0.2, 0) is 0 Å². The van der Waals surface area contributed by atoms with E-state index in [9.17, 15) is 15.3 Å². The van der Waals surface area contributed by atoms with Crippen LogP contribution in [0.2, 0.25) is 0 Å². The third-order valence-electron chi connectivity index (χ3n) is 8.65. The van der Waals surface area contributed by atoms with Crippen molar-refractivity contribution >= 4 is 0 Å². The standard InChI is InChI=1S/C20H32O3/c1-12-13-9-14(22)16-19(3)7-4-6-18(2,11-21)15(19)5-8-20(16,10-13)17(12)23/h13-17,21-23H,1,4-11H2,2-3H3/t13-,14+,15-,16+,17+,18-,19-,20-/m1/s1. The van der Waals surface area contributed by atoms with Crippen molar-refractivity contribution in [1.29, 1.82) is 0 Å². The Balaban J connectivity index is 1.80. The molecule has 0 heterocycles. The third-order valence-corrected chi connectivity index (χ3v) is 8.65. The van der Waals surface area contributed by atoms with E-state index >= 15 is 0 Å². The number of aliphatic hydroxyl groups excluding tert-OH is 3. The maximum Gasteiger partial charge on any atom is 0.0810 e. The number of aliphatic hydroxyl groups is 3. The lowest BCUT2D eigenvalue weighted by atomic mass is 9.40. The Hall–Kier alpha value is -0.380. The lowest BCUT2D eigenvalue weighted by molar-refractivity contribution is -0.210. The maximum atomic E-state index is 11.0. The first kappa shape index (κ1) is 16.1. The quantitative estimate of drug-likeness (QED) is 0.651. The summed E-state index contributed by atoms with van der Waals surface area (Å²) in [4.78, 5) is 0. The predicted molar refractivity (Wildman–Crippen MR) is 89.7 cm³/mol. The van der Waals surface area contributed by atoms with Crippen molar-refractivity contribution in [2.45, 2.75) is 71.0 Å². The van der Waals surface area contributed by atoms with E-state index in [4.69, 9.17) is 0 Å². The summed E-state index contributed by atoms with van der Waals surface area (Å²) in [6, 6.07) is 0. The summed E-state index contributed by atoms with van der Waals surface area (Å²) in [5.74, 6) is 0.881. The molecule has 0 amide bonds. The van der Waals surface area contributed by atoms with Crippen LogP contribution in [0.25, 0.3) is 0 Å². The smallest absolute Gasteiger partial charge is 0.0810 e. The zero-order chi connectivity index (χ0) is 16.6. The molecule has 0 saturated heterocycles. The van der Waals surface area contributed by atoms with E-state index in [-0.39, 0.29) is 34.9 Å². The van der Waals surface area contributed by atoms with Gasteiger partial charge in [-0.25, -0.2) is 0 Å². The van der Waals surface area contributed by atoms with Gasteiger partial charge in [0.25, 0.3) is 0 Å². The van der Waals surface area contributed by atoms with Gasteiger partial charge in [-0.1, -0.05) is 26.8 Å². The van der Waals surface area contributed by atoms with Gasteiger partial charge in [-0.3, -0.25) is 0 Å². The Kier molecular flexibility index (Phi) is 3.38. The lowest BCUT2D eigenvalue weighted by Crippen LogP contribution is -2.62. The molecule has 4 saturated carbocycles. The monoisotopic (exact) mass is 320 g/mol. The van der Waals surface area contributed by atoms with E-state index in [2.05, 4.69) is 20.4 Å². The third kappa shape index (κ3) is 1.82. The molecular weight excluding hydrogens is 288 g/mol. The summed E-state index contributed by atoms with van der Waals surface area (Å²) >= 11 is 0. The fourth-order valence-corrected chi connectivity index (χ4v) is 7.80. The normalized spacial score (nSPS) is 58.7. The molecule has 3 nitrogen and oxygen atoms in total. The zero-order valence-electron chi connectivity index (χ0n) is 14.6. The van der Waals surface area contributed by atoms with E-state index in [1.165, 1.54) is 0 Å². The SMILES string of the molecule is C=C1[C@@H]2C[C@H](O)[C@H]3[C@]4(C)CCC[C@](C)(CO)[C@H]4CC[C@]3(C2)[C@H]1O. The first-order valence-corrected chi connectivity index (χ1v) is 9.44. The fraction of sp³-hybridized carbons (Fsp3) is 0.900. The Bertz CT molecular complexity index is 531. The zero-order valence-corrected chi connectivity index (χ0v) is 14.6. The first-order valence-electron chi connectivity index (χ1n) is 9.44. The highest BCUT2D eigenvalue weighted by Crippen LogP contribution is 2.71. The van der Waals surface area contributed by atoms with Crippen LogP contribution < -0.4 is 0 Å². The van der Waals surface area contributed by atoms with Crippen molar-refractivity contribution in [2.75, 3.05) is 6.61 Å². The van der Waals surface area contributed by atoms with Crippen LogP contribution in [0.1, 0.15) is 58.8 Å². The Morgan fingerprint density at radius 3 is 2.61 bits per heavy atom. The highest BCUT2D eigenvalue weighted by atomic mass is 16.3. The van der Waals surface area contributed by atoms with Gasteiger partial charge in [0.15, 0.2) is 0 Å². The predicted octanol–water partition coefficient (Wildman–Crippen LogP) is 2.89. The lowest BCUT2D eigenvalue weighted by Gasteiger charge is -2.65. The second-order valence-corrected chi connectivity index (χ2v) is 9.66. The minimum Gasteiger partial charge on any atom is -0.396 e. The van der Waals surface area contributed by atoms with Gasteiger partial charge >= 0.3 is 0 Å². The minimum atomic E-state index is -0.449. The van der Waals surface area contributed by atoms with Gasteiger partial charge in [-0.15, -0.1) is 0 Å². The van der Waals surface area contributed by atoms with Crippen LogP contribution in [0.5, 0.6) is 0 Å². The van der Waals surface area contributed by atoms with Gasteiger partial charge in [0.2, 0.25) is 0 Å². The minimum absolute atomic E-state index is 0.0178. The molecule has 4 rings (SSSR count). The Morgan fingerprint density at radius 1 is 1.17 bits per heavy atom. The van der Waals surface area contributed by atoms with Crippen molar-refractivity contribution in [1.82, 2.24) is 0 Å². The van der Waals surface area contributed by atoms with Gasteiger partial charge < -0.3 is 15.3 Å². The maximum absolute atomic E-state index is 11.0. The summed E-state index contributed by atoms with van der Waals surface area (Å²) in [5.41, 5.74) is 0.781. The van der Waals surface area contributed by atoms with Crippen molar-refractivity contribution in [2.24, 2.45) is 34.0 Å². The second kappa shape index (κ2) is 4.83. The Morgan fingerprint density at radius 2 is 1.91 bits per heavy atom. The molecule has 4 aliphatic carbocycles. The van der Waals surface area contributed by atoms with Crippen LogP contribution in [0.4, 0.5) is 0 Å². The van der Waals surface area contributed by atoms with Crippen molar-refractivity contribution in [3.05, 3.63) is 12.2 Å². The van der Waals surface area contributed by atoms with Gasteiger partial charge in [0.05, 0.1) is 12.2 Å². The summed E-state index contributed by atoms with van der Waals surface area (Å²) in [5, 5.41) is 32.1. The van der Waals surface area contributed by atoms with Crippen molar-refractivity contribution in [3.63, 3.8) is 0 Å². The number of fused-ring (bicyclic) bond motifs is 3. The van der Waals surface area contributed by atoms with Crippen molar-refractivity contribution < 1.29 is 15.3 Å². The number of hydrogen-bond donors (Lipinski definition) is 3. The molecule has 4 aliphatic rings. The molecule has 1 spiro atoms. The number of hydrogen-bond acceptors (Lipinski definition) is 3. The average molecular weight is 320 g/mol. The van der Waals surface area contributed by atoms with Gasteiger partial charge in [-0.05, 0) is 72.7 Å². The fourth-order valence-electron chi connectivity index (χ4n) is 7.80. The molecule has 3 heteroatoms. The van der Waals surface area contributed by atoms with E-state index in [1.54, 1.807) is 0 Å². The summed E-state index contributed by atoms with van der Waals surface area (Å²) in [6.45, 7) is 8.98. The number of rotatable bonds is 1. The van der Waals surface area contributed by atoms with E-state index < -0.39 is 6.10 Å². The van der Waals surface area contributed by atoms with E-state index in [0.29, 0.717) is 11.8 Å². The van der Waals surface area contributed by atoms with E-state index in [1.807, 2.05) is 0 Å². The molecule has 0 aromatic heterocycles. The van der Waals surface area contributed by atoms with Gasteiger partial charge in [0, 0.05) is 12.0 Å². The van der Waals surface area contributed by atoms with Gasteiger partial charge in [-0.2, -0.15) is 0 Å². The largest absolute Gasteiger partial charge is 0.396 e. The van der Waals surface area contributed by atoms with Crippen LogP contribution in [0.3, 0.4) is 0 Å². The second-order valence-electron chi connectivity index (χ2n) is 9.66. The van der Waals surface area contributed by atoms with Crippen LogP contribution >= 0.6 is 0 Å².